The highest BCUT2D eigenvalue weighted by atomic mass is 32.5. The van der Waals surface area contributed by atoms with Crippen LogP contribution in [-0.2, 0) is 51.4 Å². The van der Waals surface area contributed by atoms with Gasteiger partial charge in [0.2, 0.25) is 6.49 Å². The van der Waals surface area contributed by atoms with Gasteiger partial charge in [0.1, 0.15) is 66.5 Å². The third-order valence-corrected chi connectivity index (χ3v) is 10.5. The Kier molecular flexibility index (Phi) is 7.71. The highest BCUT2D eigenvalue weighted by Crippen LogP contribution is 2.53. The van der Waals surface area contributed by atoms with Gasteiger partial charge in [0.15, 0.2) is 30.2 Å². The van der Waals surface area contributed by atoms with E-state index < -0.39 is 75.4 Å². The van der Waals surface area contributed by atoms with Gasteiger partial charge in [-0.05, 0) is 29.7 Å². The SMILES string of the molecule is Nc1ncnc2c1ccn2[C@@H]1O[C@@H]2OCP(O)(=S)O[C@H]3[C@@H](O)[C@H](n4cnc5c(N)ncnc54)O[C@@H]3COP(O)(=S)O[C@@H]1[C@@H]2O. The Balaban J connectivity index is 1.20. The van der Waals surface area contributed by atoms with Gasteiger partial charge >= 0.3 is 6.72 Å². The molecule has 8 N–H and O–H groups in total. The molecule has 4 aromatic rings. The molecule has 19 nitrogen and oxygen atoms in total. The fraction of sp³-hybridized carbons (Fsp3) is 0.476. The maximum Gasteiger partial charge on any atom is 0.325 e. The van der Waals surface area contributed by atoms with Crippen LogP contribution in [0.2, 0.25) is 0 Å². The lowest BCUT2D eigenvalue weighted by molar-refractivity contribution is -0.167. The Morgan fingerprint density at radius 1 is 0.864 bits per heavy atom. The van der Waals surface area contributed by atoms with E-state index in [0.717, 1.165) is 0 Å². The minimum absolute atomic E-state index is 0.116. The smallest absolute Gasteiger partial charge is 0.325 e. The molecule has 4 aromatic heterocycles. The molecule has 0 saturated carbocycles. The number of hydrogen-bond donors (Lipinski definition) is 6. The number of aromatic nitrogens is 7. The molecule has 3 fully saturated rings. The minimum Gasteiger partial charge on any atom is -0.386 e. The van der Waals surface area contributed by atoms with Gasteiger partial charge in [-0.1, -0.05) is 0 Å². The Hall–Kier alpha value is -2.33. The van der Waals surface area contributed by atoms with Crippen LogP contribution in [0, 0.1) is 0 Å². The van der Waals surface area contributed by atoms with Crippen molar-refractivity contribution in [2.24, 2.45) is 0 Å². The van der Waals surface area contributed by atoms with Crippen molar-refractivity contribution >= 4 is 70.7 Å². The number of hydrogen-bond acceptors (Lipinski definition) is 17. The second-order valence-electron chi connectivity index (χ2n) is 10.1. The molecule has 236 valence electrons. The van der Waals surface area contributed by atoms with Gasteiger partial charge in [0.05, 0.1) is 18.3 Å². The van der Waals surface area contributed by atoms with Crippen LogP contribution in [0.1, 0.15) is 12.5 Å². The fourth-order valence-electron chi connectivity index (χ4n) is 5.30. The quantitative estimate of drug-likeness (QED) is 0.141. The Morgan fingerprint density at radius 2 is 1.61 bits per heavy atom. The number of ether oxygens (including phenoxy) is 3. The van der Waals surface area contributed by atoms with E-state index >= 15 is 0 Å². The summed E-state index contributed by atoms with van der Waals surface area (Å²) in [5.74, 6) is 0.324. The van der Waals surface area contributed by atoms with Gasteiger partial charge in [-0.2, -0.15) is 0 Å². The molecule has 0 radical (unpaired) electrons. The van der Waals surface area contributed by atoms with Gasteiger partial charge in [0.25, 0.3) is 0 Å². The molecule has 3 aliphatic rings. The number of imidazole rings is 1. The number of rotatable bonds is 2. The first-order valence-electron chi connectivity index (χ1n) is 12.9. The van der Waals surface area contributed by atoms with Crippen molar-refractivity contribution in [1.29, 1.82) is 0 Å². The van der Waals surface area contributed by atoms with Crippen molar-refractivity contribution in [3.05, 3.63) is 31.2 Å². The summed E-state index contributed by atoms with van der Waals surface area (Å²) < 4.78 is 37.9. The van der Waals surface area contributed by atoms with E-state index in [1.807, 2.05) is 0 Å². The fourth-order valence-corrected chi connectivity index (χ4v) is 8.23. The van der Waals surface area contributed by atoms with E-state index in [2.05, 4.69) is 24.9 Å². The van der Waals surface area contributed by atoms with Crippen LogP contribution in [0.5, 0.6) is 0 Å². The van der Waals surface area contributed by atoms with Crippen molar-refractivity contribution in [1.82, 2.24) is 34.1 Å². The highest BCUT2D eigenvalue weighted by Gasteiger charge is 2.52. The standard InChI is InChI=1S/C21H25N9O10P2S2/c22-15-8-1-2-29(17(8)26-4-24-15)20-14-12(32)21(38-20)35-7-41(33,43)39-13-9(3-36-42(34,44)40-14)37-19(11(13)31)30-6-28-10-16(23)25-5-27-18(10)30/h1-2,4-6,9,11-14,19-21,31-32H,3,7H2,(H,33,43)(H,34,44)(H2,22,24,26)(H2,23,25,27)/t9-,11-,12+,13-,14-,19-,20-,21+,41?,42?/m1/s1. The Labute approximate surface area is 257 Å². The second kappa shape index (κ2) is 11.2. The van der Waals surface area contributed by atoms with Gasteiger partial charge in [-0.3, -0.25) is 9.09 Å². The van der Waals surface area contributed by atoms with Crippen LogP contribution in [-0.4, -0.2) is 104 Å². The van der Waals surface area contributed by atoms with E-state index in [0.29, 0.717) is 11.0 Å². The molecule has 2 unspecified atom stereocenters. The highest BCUT2D eigenvalue weighted by molar-refractivity contribution is 8.09. The molecular weight excluding hydrogens is 664 g/mol. The minimum atomic E-state index is -4.16. The van der Waals surface area contributed by atoms with Gasteiger partial charge in [-0.15, -0.1) is 0 Å². The maximum atomic E-state index is 11.3. The predicted molar refractivity (Wildman–Crippen MR) is 156 cm³/mol. The van der Waals surface area contributed by atoms with Crippen LogP contribution in [0.15, 0.2) is 31.2 Å². The molecule has 2 bridgehead atoms. The van der Waals surface area contributed by atoms with Crippen molar-refractivity contribution in [2.45, 2.75) is 49.3 Å². The lowest BCUT2D eigenvalue weighted by Crippen LogP contribution is -2.36. The normalized spacial score (nSPS) is 38.3. The lowest BCUT2D eigenvalue weighted by Gasteiger charge is -2.28. The summed E-state index contributed by atoms with van der Waals surface area (Å²) in [6.45, 7) is -8.48. The molecule has 0 aromatic carbocycles. The first-order valence-corrected chi connectivity index (χ1v) is 18.3. The molecule has 3 aliphatic heterocycles. The molecule has 23 heteroatoms. The van der Waals surface area contributed by atoms with Crippen molar-refractivity contribution < 1.29 is 47.8 Å². The van der Waals surface area contributed by atoms with Crippen molar-refractivity contribution in [3.8, 4) is 0 Å². The molecule has 7 heterocycles. The monoisotopic (exact) mass is 689 g/mol. The van der Waals surface area contributed by atoms with E-state index in [1.165, 1.54) is 28.1 Å². The van der Waals surface area contributed by atoms with Gasteiger partial charge in [-0.25, -0.2) is 24.9 Å². The zero-order valence-corrected chi connectivity index (χ0v) is 25.6. The summed E-state index contributed by atoms with van der Waals surface area (Å²) in [4.78, 5) is 42.7. The van der Waals surface area contributed by atoms with E-state index in [-0.39, 0.29) is 22.8 Å². The first kappa shape index (κ1) is 30.3. The zero-order chi connectivity index (χ0) is 31.0. The number of nitrogen functional groups attached to an aromatic ring is 2. The predicted octanol–water partition coefficient (Wildman–Crippen LogP) is -0.797. The van der Waals surface area contributed by atoms with Gasteiger partial charge in [0, 0.05) is 6.20 Å². The topological polar surface area (TPSA) is 263 Å². The number of aliphatic hydroxyl groups excluding tert-OH is 2. The van der Waals surface area contributed by atoms with E-state index in [9.17, 15) is 20.0 Å². The van der Waals surface area contributed by atoms with E-state index in [4.69, 9.17) is 62.9 Å². The summed E-state index contributed by atoms with van der Waals surface area (Å²) in [7, 11) is 0. The Bertz CT molecular complexity index is 1830. The molecule has 3 saturated heterocycles. The first-order chi connectivity index (χ1) is 20.9. The van der Waals surface area contributed by atoms with Gasteiger partial charge < -0.3 is 59.3 Å². The van der Waals surface area contributed by atoms with Crippen LogP contribution < -0.4 is 11.5 Å². The van der Waals surface area contributed by atoms with Crippen molar-refractivity contribution in [3.63, 3.8) is 0 Å². The average molecular weight is 690 g/mol. The summed E-state index contributed by atoms with van der Waals surface area (Å²) in [6.07, 6.45) is -5.69. The van der Waals surface area contributed by atoms with Crippen LogP contribution >= 0.6 is 13.2 Å². The van der Waals surface area contributed by atoms with Crippen LogP contribution in [0.3, 0.4) is 0 Å². The van der Waals surface area contributed by atoms with Crippen molar-refractivity contribution in [2.75, 3.05) is 24.4 Å². The third kappa shape index (κ3) is 5.31. The lowest BCUT2D eigenvalue weighted by atomic mass is 10.1. The summed E-state index contributed by atoms with van der Waals surface area (Å²) in [5, 5.41) is 22.9. The maximum absolute atomic E-state index is 11.3. The summed E-state index contributed by atoms with van der Waals surface area (Å²) in [6, 6.07) is 1.64. The van der Waals surface area contributed by atoms with E-state index in [1.54, 1.807) is 12.3 Å². The Morgan fingerprint density at radius 3 is 2.41 bits per heavy atom. The number of anilines is 2. The number of fused-ring (bicyclic) bond motifs is 5. The number of aliphatic hydroxyl groups is 2. The zero-order valence-electron chi connectivity index (χ0n) is 22.2. The molecule has 0 spiro atoms. The summed E-state index contributed by atoms with van der Waals surface area (Å²) >= 11 is 10.6. The molecular formula is C21H25N9O10P2S2. The molecule has 0 aliphatic carbocycles. The number of nitrogens with two attached hydrogens (primary N) is 2. The number of nitrogens with zero attached hydrogens (tertiary/aromatic N) is 7. The molecule has 7 rings (SSSR count). The van der Waals surface area contributed by atoms with Crippen LogP contribution in [0.25, 0.3) is 22.2 Å². The third-order valence-electron chi connectivity index (χ3n) is 7.30. The largest absolute Gasteiger partial charge is 0.386 e. The average Bonchev–Trinajstić information content (AvgIpc) is 3.73. The molecule has 10 atom stereocenters. The molecule has 0 amide bonds. The molecule has 44 heavy (non-hydrogen) atoms. The van der Waals surface area contributed by atoms with Crippen LogP contribution in [0.4, 0.5) is 11.6 Å². The summed E-state index contributed by atoms with van der Waals surface area (Å²) in [5.41, 5.74) is 12.7. The second-order valence-corrected chi connectivity index (χ2v) is 16.3.